The summed E-state index contributed by atoms with van der Waals surface area (Å²) in [5.74, 6) is -6.56. The maximum Gasteiger partial charge on any atom is 0.419 e. The molecular weight excluding hydrogens is 617 g/mol. The fraction of sp³-hybridized carbons (Fsp3) is 0.333. The van der Waals surface area contributed by atoms with Crippen molar-refractivity contribution in [2.24, 2.45) is 5.73 Å². The summed E-state index contributed by atoms with van der Waals surface area (Å²) >= 11 is 0. The number of nitrogens with zero attached hydrogens (tertiary/aromatic N) is 5. The van der Waals surface area contributed by atoms with Crippen molar-refractivity contribution in [1.82, 2.24) is 20.0 Å². The van der Waals surface area contributed by atoms with Crippen molar-refractivity contribution < 1.29 is 45.0 Å². The summed E-state index contributed by atoms with van der Waals surface area (Å²) in [5, 5.41) is 9.70. The Morgan fingerprint density at radius 3 is 2.41 bits per heavy atom. The zero-order chi connectivity index (χ0) is 32.4. The molecule has 234 valence electrons. The van der Waals surface area contributed by atoms with Crippen LogP contribution in [-0.4, -0.2) is 43.5 Å². The summed E-state index contributed by atoms with van der Waals surface area (Å²) in [6.07, 6.45) is -4.23. The third kappa shape index (κ3) is 5.64. The van der Waals surface area contributed by atoms with Crippen molar-refractivity contribution in [3.8, 4) is 17.1 Å². The Morgan fingerprint density at radius 2 is 1.82 bits per heavy atom. The fourth-order valence-corrected chi connectivity index (χ4v) is 4.95. The number of hydrogen-bond donors (Lipinski definition) is 2. The normalized spacial score (nSPS) is 18.6. The molecule has 44 heavy (non-hydrogen) atoms. The van der Waals surface area contributed by atoms with Crippen LogP contribution in [0, 0.1) is 5.82 Å². The van der Waals surface area contributed by atoms with E-state index in [1.54, 1.807) is 0 Å². The number of aromatic nitrogens is 4. The van der Waals surface area contributed by atoms with E-state index in [0.717, 1.165) is 28.5 Å². The lowest BCUT2D eigenvalue weighted by Gasteiger charge is -2.25. The molecule has 2 aromatic heterocycles. The molecule has 0 saturated heterocycles. The zero-order valence-electron chi connectivity index (χ0n) is 23.3. The first-order valence-electron chi connectivity index (χ1n) is 12.9. The number of fused-ring (bicyclic) bond motifs is 1. The Bertz CT molecular complexity index is 1780. The van der Waals surface area contributed by atoms with Gasteiger partial charge in [0.15, 0.2) is 0 Å². The van der Waals surface area contributed by atoms with Gasteiger partial charge < -0.3 is 19.9 Å². The van der Waals surface area contributed by atoms with Crippen LogP contribution in [0.1, 0.15) is 42.8 Å². The number of carbonyl (C=O) groups is 1. The standard InChI is InChI=1S/C27H25F6N6O4P/c1-25(2,44(3,41)42)24-37-36-22(43-24)17-8-21-18(9-19(17)28)26(29,30)10-20(34)23(40)38(21)12-14-4-6-16(7-5-14)39-13-15(11-35-39)27(31,32)33/h4-9,11,13,20H,10,12,34H2,1-3H3,(H,41,42)/t20-/m0/s1. The topological polar surface area (TPSA) is 140 Å². The monoisotopic (exact) mass is 642 g/mol. The Morgan fingerprint density at radius 1 is 1.16 bits per heavy atom. The Balaban J connectivity index is 1.54. The molecule has 2 atom stereocenters. The van der Waals surface area contributed by atoms with Crippen molar-refractivity contribution in [3.05, 3.63) is 77.2 Å². The fourth-order valence-electron chi connectivity index (χ4n) is 4.50. The van der Waals surface area contributed by atoms with E-state index in [4.69, 9.17) is 10.2 Å². The number of anilines is 1. The molecule has 5 rings (SSSR count). The van der Waals surface area contributed by atoms with Crippen molar-refractivity contribution in [2.45, 2.75) is 50.1 Å². The second kappa shape index (κ2) is 10.6. The van der Waals surface area contributed by atoms with Gasteiger partial charge in [0.2, 0.25) is 19.2 Å². The molecule has 0 spiro atoms. The minimum atomic E-state index is -4.59. The Labute approximate surface area is 245 Å². The minimum absolute atomic E-state index is 0.258. The highest BCUT2D eigenvalue weighted by Crippen LogP contribution is 2.56. The number of nitrogens with two attached hydrogens (primary N) is 1. The lowest BCUT2D eigenvalue weighted by Crippen LogP contribution is -2.43. The predicted octanol–water partition coefficient (Wildman–Crippen LogP) is 5.57. The summed E-state index contributed by atoms with van der Waals surface area (Å²) in [4.78, 5) is 24.3. The quantitative estimate of drug-likeness (QED) is 0.206. The number of hydrogen-bond acceptors (Lipinski definition) is 7. The molecule has 10 nitrogen and oxygen atoms in total. The van der Waals surface area contributed by atoms with Crippen molar-refractivity contribution in [3.63, 3.8) is 0 Å². The van der Waals surface area contributed by atoms with Crippen LogP contribution in [0.5, 0.6) is 0 Å². The highest BCUT2D eigenvalue weighted by molar-refractivity contribution is 7.58. The lowest BCUT2D eigenvalue weighted by molar-refractivity contribution is -0.137. The summed E-state index contributed by atoms with van der Waals surface area (Å²) in [6, 6.07) is 5.60. The number of rotatable bonds is 6. The molecule has 2 aromatic carbocycles. The van der Waals surface area contributed by atoms with Crippen LogP contribution in [0.2, 0.25) is 0 Å². The third-order valence-corrected chi connectivity index (χ3v) is 9.76. The van der Waals surface area contributed by atoms with E-state index in [1.165, 1.54) is 38.1 Å². The second-order valence-electron chi connectivity index (χ2n) is 11.0. The molecule has 4 aromatic rings. The molecule has 17 heteroatoms. The molecule has 1 amide bonds. The van der Waals surface area contributed by atoms with Crippen LogP contribution in [0.15, 0.2) is 53.2 Å². The maximum atomic E-state index is 15.3. The van der Waals surface area contributed by atoms with E-state index in [2.05, 4.69) is 15.3 Å². The van der Waals surface area contributed by atoms with Crippen LogP contribution in [0.4, 0.5) is 32.0 Å². The summed E-state index contributed by atoms with van der Waals surface area (Å²) in [6.45, 7) is 3.50. The molecule has 0 radical (unpaired) electrons. The molecule has 0 fully saturated rings. The molecule has 0 bridgehead atoms. The molecule has 0 saturated carbocycles. The van der Waals surface area contributed by atoms with Gasteiger partial charge >= 0.3 is 6.18 Å². The number of halogens is 6. The van der Waals surface area contributed by atoms with Gasteiger partial charge in [0.05, 0.1) is 41.3 Å². The molecule has 3 heterocycles. The van der Waals surface area contributed by atoms with Crippen LogP contribution in [0.25, 0.3) is 17.1 Å². The largest absolute Gasteiger partial charge is 0.419 e. The van der Waals surface area contributed by atoms with E-state index in [1.807, 2.05) is 0 Å². The second-order valence-corrected chi connectivity index (χ2v) is 13.9. The van der Waals surface area contributed by atoms with Crippen molar-refractivity contribution >= 4 is 19.0 Å². The van der Waals surface area contributed by atoms with Crippen LogP contribution in [0.3, 0.4) is 0 Å². The first kappa shape index (κ1) is 31.4. The van der Waals surface area contributed by atoms with Crippen molar-refractivity contribution in [1.29, 1.82) is 0 Å². The Hall–Kier alpha value is -4.01. The summed E-state index contributed by atoms with van der Waals surface area (Å²) in [5.41, 5.74) is 3.86. The van der Waals surface area contributed by atoms with Crippen LogP contribution >= 0.6 is 7.37 Å². The lowest BCUT2D eigenvalue weighted by atomic mass is 9.99. The molecule has 0 aliphatic carbocycles. The van der Waals surface area contributed by atoms with Crippen LogP contribution in [-0.2, 0) is 33.2 Å². The first-order valence-corrected chi connectivity index (χ1v) is 15.0. The van der Waals surface area contributed by atoms with E-state index in [0.29, 0.717) is 17.8 Å². The summed E-state index contributed by atoms with van der Waals surface area (Å²) < 4.78 is 104. The molecule has 1 unspecified atom stereocenters. The minimum Gasteiger partial charge on any atom is -0.419 e. The predicted molar refractivity (Wildman–Crippen MR) is 145 cm³/mol. The van der Waals surface area contributed by atoms with Gasteiger partial charge in [0.1, 0.15) is 11.0 Å². The van der Waals surface area contributed by atoms with Gasteiger partial charge in [-0.1, -0.05) is 12.1 Å². The highest BCUT2D eigenvalue weighted by Gasteiger charge is 2.46. The smallest absolute Gasteiger partial charge is 0.419 e. The van der Waals surface area contributed by atoms with Gasteiger partial charge in [-0.3, -0.25) is 9.36 Å². The van der Waals surface area contributed by atoms with Crippen LogP contribution < -0.4 is 10.6 Å². The Kier molecular flexibility index (Phi) is 7.54. The van der Waals surface area contributed by atoms with Gasteiger partial charge in [-0.2, -0.15) is 18.3 Å². The van der Waals surface area contributed by atoms with Gasteiger partial charge in [-0.05, 0) is 43.7 Å². The average Bonchev–Trinajstić information content (AvgIpc) is 3.61. The molecular formula is C27H25F6N6O4P. The van der Waals surface area contributed by atoms with Gasteiger partial charge in [-0.25, -0.2) is 17.9 Å². The highest BCUT2D eigenvalue weighted by atomic mass is 31.2. The summed E-state index contributed by atoms with van der Waals surface area (Å²) in [7, 11) is -3.83. The number of benzene rings is 2. The van der Waals surface area contributed by atoms with E-state index in [9.17, 15) is 27.4 Å². The third-order valence-electron chi connectivity index (χ3n) is 7.50. The van der Waals surface area contributed by atoms with E-state index >= 15 is 13.2 Å². The molecule has 1 aliphatic rings. The van der Waals surface area contributed by atoms with Gasteiger partial charge in [0.25, 0.3) is 11.8 Å². The van der Waals surface area contributed by atoms with E-state index in [-0.39, 0.29) is 18.1 Å². The number of carbonyl (C=O) groups excluding carboxylic acids is 1. The van der Waals surface area contributed by atoms with Crippen molar-refractivity contribution in [2.75, 3.05) is 11.6 Å². The number of alkyl halides is 5. The zero-order valence-corrected chi connectivity index (χ0v) is 24.2. The molecule has 3 N–H and O–H groups in total. The van der Waals surface area contributed by atoms with E-state index < -0.39 is 77.1 Å². The SMILES string of the molecule is CC(C)(c1nnc(-c2cc3c(cc2F)C(F)(F)C[C@H](N)C(=O)N3Cc2ccc(-n3cc(C(F)(F)F)cn3)cc2)o1)P(C)(=O)O. The maximum absolute atomic E-state index is 15.3. The average molecular weight is 642 g/mol. The van der Waals surface area contributed by atoms with Gasteiger partial charge in [-0.15, -0.1) is 10.2 Å². The van der Waals surface area contributed by atoms with Gasteiger partial charge in [0, 0.05) is 24.8 Å². The number of amides is 1. The first-order chi connectivity index (χ1) is 20.3. The molecule has 1 aliphatic heterocycles.